The smallest absolute Gasteiger partial charge is 0.194 e. The molecule has 4 rings (SSSR count). The van der Waals surface area contributed by atoms with E-state index in [9.17, 15) is 28.5 Å². The number of rotatable bonds is 5. The van der Waals surface area contributed by atoms with E-state index < -0.39 is 53.8 Å². The minimum absolute atomic E-state index is 0.0117. The molecule has 33 heavy (non-hydrogen) atoms. The summed E-state index contributed by atoms with van der Waals surface area (Å²) in [6.45, 7) is 3.42. The number of benzene rings is 2. The maximum atomic E-state index is 13.6. The number of aryl methyl sites for hydroxylation is 2. The number of hydrogen-bond donors (Lipinski definition) is 3. The quantitative estimate of drug-likeness (QED) is 0.482. The highest BCUT2D eigenvalue weighted by atomic mass is 32.2. The monoisotopic (exact) mass is 481 g/mol. The van der Waals surface area contributed by atoms with Crippen molar-refractivity contribution < 1.29 is 33.2 Å². The SMILES string of the molecule is Cc1ccc(S[C@H]2OC(CO)[C@H](O)C(n3cc(-c4cc(F)c(F)c(F)c4)nn3)[C@@H]2O)cc1C. The second kappa shape index (κ2) is 9.43. The molecule has 3 N–H and O–H groups in total. The van der Waals surface area contributed by atoms with Gasteiger partial charge in [-0.05, 0) is 49.2 Å². The van der Waals surface area contributed by atoms with Gasteiger partial charge in [-0.25, -0.2) is 17.9 Å². The predicted molar refractivity (Wildman–Crippen MR) is 114 cm³/mol. The molecule has 0 radical (unpaired) electrons. The summed E-state index contributed by atoms with van der Waals surface area (Å²) in [6.07, 6.45) is -2.36. The molecule has 1 fully saturated rings. The Kier molecular flexibility index (Phi) is 6.78. The van der Waals surface area contributed by atoms with Crippen LogP contribution in [0, 0.1) is 31.3 Å². The summed E-state index contributed by atoms with van der Waals surface area (Å²) in [6, 6.07) is 6.23. The standard InChI is InChI=1S/C22H22F3N3O4S/c1-10-3-4-13(5-11(10)2)33-22-21(31)19(20(30)17(9-29)32-22)28-8-16(26-27-28)12-6-14(23)18(25)15(24)7-12/h3-8,17,19-22,29-31H,9H2,1-2H3/t17?,19?,20-,21-,22+/m0/s1. The Morgan fingerprint density at radius 1 is 1.03 bits per heavy atom. The molecule has 176 valence electrons. The lowest BCUT2D eigenvalue weighted by Gasteiger charge is -2.41. The second-order valence-corrected chi connectivity index (χ2v) is 9.07. The van der Waals surface area contributed by atoms with Crippen LogP contribution in [0.15, 0.2) is 41.4 Å². The molecule has 3 aromatic rings. The van der Waals surface area contributed by atoms with E-state index >= 15 is 0 Å². The fourth-order valence-electron chi connectivity index (χ4n) is 3.66. The fraction of sp³-hybridized carbons (Fsp3) is 0.364. The van der Waals surface area contributed by atoms with E-state index in [-0.39, 0.29) is 11.3 Å². The Morgan fingerprint density at radius 3 is 2.36 bits per heavy atom. The average molecular weight is 481 g/mol. The Morgan fingerprint density at radius 2 is 1.73 bits per heavy atom. The van der Waals surface area contributed by atoms with Crippen molar-refractivity contribution in [1.82, 2.24) is 15.0 Å². The third-order valence-electron chi connectivity index (χ3n) is 5.67. The van der Waals surface area contributed by atoms with Crippen molar-refractivity contribution in [1.29, 1.82) is 0 Å². The number of nitrogens with zero attached hydrogens (tertiary/aromatic N) is 3. The summed E-state index contributed by atoms with van der Waals surface area (Å²) in [7, 11) is 0. The van der Waals surface area contributed by atoms with Crippen LogP contribution in [0.3, 0.4) is 0 Å². The van der Waals surface area contributed by atoms with Gasteiger partial charge in [-0.3, -0.25) is 0 Å². The molecule has 1 aliphatic heterocycles. The van der Waals surface area contributed by atoms with Gasteiger partial charge in [0.15, 0.2) is 17.5 Å². The van der Waals surface area contributed by atoms with Crippen molar-refractivity contribution >= 4 is 11.8 Å². The Bertz CT molecular complexity index is 1140. The topological polar surface area (TPSA) is 101 Å². The number of hydrogen-bond acceptors (Lipinski definition) is 7. The summed E-state index contributed by atoms with van der Waals surface area (Å²) in [4.78, 5) is 0.825. The van der Waals surface area contributed by atoms with Crippen LogP contribution in [-0.4, -0.2) is 60.7 Å². The molecule has 1 aromatic heterocycles. The molecule has 0 amide bonds. The molecule has 0 spiro atoms. The summed E-state index contributed by atoms with van der Waals surface area (Å²) >= 11 is 1.23. The molecule has 5 atom stereocenters. The van der Waals surface area contributed by atoms with E-state index in [2.05, 4.69) is 10.3 Å². The zero-order valence-corrected chi connectivity index (χ0v) is 18.5. The zero-order chi connectivity index (χ0) is 23.9. The van der Waals surface area contributed by atoms with Crippen molar-refractivity contribution in [2.24, 2.45) is 0 Å². The van der Waals surface area contributed by atoms with Crippen LogP contribution in [-0.2, 0) is 4.74 Å². The summed E-state index contributed by atoms with van der Waals surface area (Å²) in [5, 5.41) is 39.2. The molecule has 11 heteroatoms. The lowest BCUT2D eigenvalue weighted by Crippen LogP contribution is -2.55. The molecule has 2 unspecified atom stereocenters. The zero-order valence-electron chi connectivity index (χ0n) is 17.7. The maximum Gasteiger partial charge on any atom is 0.194 e. The molecule has 0 saturated carbocycles. The van der Waals surface area contributed by atoms with Gasteiger partial charge < -0.3 is 20.1 Å². The van der Waals surface area contributed by atoms with Gasteiger partial charge >= 0.3 is 0 Å². The van der Waals surface area contributed by atoms with Crippen LogP contribution in [0.25, 0.3) is 11.3 Å². The molecule has 0 bridgehead atoms. The molecule has 1 aliphatic rings. The first-order valence-electron chi connectivity index (χ1n) is 10.1. The van der Waals surface area contributed by atoms with Gasteiger partial charge in [-0.1, -0.05) is 23.0 Å². The van der Waals surface area contributed by atoms with E-state index in [1.807, 2.05) is 32.0 Å². The first-order chi connectivity index (χ1) is 15.7. The second-order valence-electron chi connectivity index (χ2n) is 7.90. The Labute approximate surface area is 191 Å². The molecular weight excluding hydrogens is 459 g/mol. The third kappa shape index (κ3) is 4.64. The largest absolute Gasteiger partial charge is 0.394 e. The Balaban J connectivity index is 1.63. The minimum Gasteiger partial charge on any atom is -0.394 e. The van der Waals surface area contributed by atoms with E-state index in [1.54, 1.807) is 0 Å². The van der Waals surface area contributed by atoms with Gasteiger partial charge in [0, 0.05) is 10.5 Å². The lowest BCUT2D eigenvalue weighted by atomic mass is 9.97. The van der Waals surface area contributed by atoms with Crippen LogP contribution in [0.1, 0.15) is 17.2 Å². The maximum absolute atomic E-state index is 13.6. The van der Waals surface area contributed by atoms with Gasteiger partial charge in [0.25, 0.3) is 0 Å². The molecule has 2 aromatic carbocycles. The highest BCUT2D eigenvalue weighted by Gasteiger charge is 2.46. The van der Waals surface area contributed by atoms with Crippen LogP contribution in [0.4, 0.5) is 13.2 Å². The van der Waals surface area contributed by atoms with Gasteiger partial charge in [0.1, 0.15) is 35.5 Å². The minimum atomic E-state index is -1.60. The van der Waals surface area contributed by atoms with Crippen molar-refractivity contribution in [3.05, 3.63) is 65.1 Å². The highest BCUT2D eigenvalue weighted by molar-refractivity contribution is 7.99. The average Bonchev–Trinajstić information content (AvgIpc) is 3.26. The Hall–Kier alpha value is -2.44. The molecule has 2 heterocycles. The summed E-state index contributed by atoms with van der Waals surface area (Å²) < 4.78 is 47.4. The molecular formula is C22H22F3N3O4S. The molecule has 7 nitrogen and oxygen atoms in total. The van der Waals surface area contributed by atoms with Crippen LogP contribution < -0.4 is 0 Å². The fourth-order valence-corrected chi connectivity index (χ4v) is 4.82. The van der Waals surface area contributed by atoms with Crippen LogP contribution >= 0.6 is 11.8 Å². The van der Waals surface area contributed by atoms with Crippen molar-refractivity contribution in [3.63, 3.8) is 0 Å². The van der Waals surface area contributed by atoms with Gasteiger partial charge in [-0.2, -0.15) is 0 Å². The van der Waals surface area contributed by atoms with E-state index in [0.29, 0.717) is 0 Å². The number of thioether (sulfide) groups is 1. The lowest BCUT2D eigenvalue weighted by molar-refractivity contribution is -0.178. The van der Waals surface area contributed by atoms with E-state index in [4.69, 9.17) is 4.74 Å². The predicted octanol–water partition coefficient (Wildman–Crippen LogP) is 2.75. The highest BCUT2D eigenvalue weighted by Crippen LogP contribution is 2.38. The first-order valence-corrected chi connectivity index (χ1v) is 11.0. The number of aliphatic hydroxyl groups is 3. The summed E-state index contributed by atoms with van der Waals surface area (Å²) in [5.41, 5.74) is 1.26. The molecule has 0 aliphatic carbocycles. The number of ether oxygens (including phenoxy) is 1. The number of aliphatic hydroxyl groups excluding tert-OH is 3. The van der Waals surface area contributed by atoms with E-state index in [0.717, 1.165) is 32.8 Å². The number of aromatic nitrogens is 3. The van der Waals surface area contributed by atoms with Crippen molar-refractivity contribution in [2.45, 2.75) is 48.5 Å². The van der Waals surface area contributed by atoms with Crippen LogP contribution in [0.5, 0.6) is 0 Å². The summed E-state index contributed by atoms with van der Waals surface area (Å²) in [5.74, 6) is -4.36. The van der Waals surface area contributed by atoms with Crippen molar-refractivity contribution in [2.75, 3.05) is 6.61 Å². The normalized spacial score (nSPS) is 25.4. The third-order valence-corrected chi connectivity index (χ3v) is 6.82. The molecule has 1 saturated heterocycles. The van der Waals surface area contributed by atoms with Crippen molar-refractivity contribution in [3.8, 4) is 11.3 Å². The number of halogens is 3. The van der Waals surface area contributed by atoms with Gasteiger partial charge in [-0.15, -0.1) is 5.10 Å². The van der Waals surface area contributed by atoms with Gasteiger partial charge in [0.2, 0.25) is 0 Å². The van der Waals surface area contributed by atoms with Gasteiger partial charge in [0.05, 0.1) is 12.8 Å². The van der Waals surface area contributed by atoms with Crippen LogP contribution in [0.2, 0.25) is 0 Å². The first kappa shape index (κ1) is 23.7. The van der Waals surface area contributed by atoms with E-state index in [1.165, 1.54) is 18.0 Å².